The van der Waals surface area contributed by atoms with Crippen LogP contribution in [-0.2, 0) is 18.3 Å². The molecule has 0 aromatic carbocycles. The van der Waals surface area contributed by atoms with E-state index in [1.165, 1.54) is 45.4 Å². The summed E-state index contributed by atoms with van der Waals surface area (Å²) in [7, 11) is 4.30. The molecular weight excluding hydrogens is 302 g/mol. The highest BCUT2D eigenvalue weighted by Crippen LogP contribution is 2.38. The molecule has 3 fully saturated rings. The van der Waals surface area contributed by atoms with Crippen LogP contribution in [0.2, 0.25) is 0 Å². The summed E-state index contributed by atoms with van der Waals surface area (Å²) in [6, 6.07) is 0.639. The zero-order chi connectivity index (χ0) is 16.6. The third-order valence-electron chi connectivity index (χ3n) is 6.30. The summed E-state index contributed by atoms with van der Waals surface area (Å²) >= 11 is 0. The number of imidazole rings is 1. The summed E-state index contributed by atoms with van der Waals surface area (Å²) in [5.74, 6) is 1.16. The fraction of sp³-hybridized carbons (Fsp3) is 0.833. The Morgan fingerprint density at radius 3 is 2.54 bits per heavy atom. The van der Waals surface area contributed by atoms with Crippen LogP contribution in [0, 0.1) is 0 Å². The van der Waals surface area contributed by atoms with E-state index >= 15 is 0 Å². The van der Waals surface area contributed by atoms with Gasteiger partial charge < -0.3 is 14.2 Å². The second kappa shape index (κ2) is 6.75. The molecule has 1 atom stereocenters. The van der Waals surface area contributed by atoms with Gasteiger partial charge >= 0.3 is 0 Å². The molecule has 4 rings (SSSR count). The van der Waals surface area contributed by atoms with Crippen molar-refractivity contribution in [1.82, 2.24) is 24.3 Å². The Bertz CT molecular complexity index is 543. The molecule has 0 N–H and O–H groups in total. The quantitative estimate of drug-likeness (QED) is 0.817. The molecule has 3 aliphatic rings. The molecule has 0 unspecified atom stereocenters. The fourth-order valence-electron chi connectivity index (χ4n) is 4.46. The first kappa shape index (κ1) is 16.5. The van der Waals surface area contributed by atoms with E-state index in [1.807, 2.05) is 12.4 Å². The maximum Gasteiger partial charge on any atom is 0.122 e. The van der Waals surface area contributed by atoms with Crippen molar-refractivity contribution in [2.75, 3.05) is 52.9 Å². The van der Waals surface area contributed by atoms with Crippen molar-refractivity contribution in [3.05, 3.63) is 18.2 Å². The molecule has 1 aromatic rings. The predicted molar refractivity (Wildman–Crippen MR) is 93.9 cm³/mol. The Labute approximate surface area is 145 Å². The molecule has 3 saturated heterocycles. The first-order valence-corrected chi connectivity index (χ1v) is 9.39. The Morgan fingerprint density at radius 1 is 1.12 bits per heavy atom. The number of aromatic nitrogens is 2. The third-order valence-corrected chi connectivity index (χ3v) is 6.30. The van der Waals surface area contributed by atoms with E-state index in [0.29, 0.717) is 6.04 Å². The smallest absolute Gasteiger partial charge is 0.122 e. The van der Waals surface area contributed by atoms with Crippen molar-refractivity contribution in [2.24, 2.45) is 7.05 Å². The van der Waals surface area contributed by atoms with Crippen molar-refractivity contribution in [1.29, 1.82) is 0 Å². The maximum absolute atomic E-state index is 6.38. The van der Waals surface area contributed by atoms with Gasteiger partial charge in [0.15, 0.2) is 0 Å². The molecule has 4 heterocycles. The number of hydrogen-bond donors (Lipinski definition) is 0. The number of hydrogen-bond acceptors (Lipinski definition) is 5. The zero-order valence-electron chi connectivity index (χ0n) is 15.2. The topological polar surface area (TPSA) is 36.8 Å². The van der Waals surface area contributed by atoms with Gasteiger partial charge in [-0.1, -0.05) is 0 Å². The van der Waals surface area contributed by atoms with Gasteiger partial charge in [-0.3, -0.25) is 9.80 Å². The normalized spacial score (nSPS) is 29.5. The van der Waals surface area contributed by atoms with Gasteiger partial charge in [-0.05, 0) is 26.3 Å². The molecule has 134 valence electrons. The molecule has 0 radical (unpaired) electrons. The Kier molecular flexibility index (Phi) is 4.64. The lowest BCUT2D eigenvalue weighted by Crippen LogP contribution is -2.50. The molecule has 0 amide bonds. The molecule has 6 nitrogen and oxygen atoms in total. The monoisotopic (exact) mass is 333 g/mol. The van der Waals surface area contributed by atoms with Gasteiger partial charge in [-0.25, -0.2) is 4.98 Å². The van der Waals surface area contributed by atoms with E-state index in [4.69, 9.17) is 4.74 Å². The predicted octanol–water partition coefficient (Wildman–Crippen LogP) is 0.791. The Hall–Kier alpha value is -0.950. The zero-order valence-corrected chi connectivity index (χ0v) is 15.2. The molecule has 0 aliphatic carbocycles. The summed E-state index contributed by atoms with van der Waals surface area (Å²) in [6.07, 6.45) is 7.49. The van der Waals surface area contributed by atoms with Crippen LogP contribution >= 0.6 is 0 Å². The third kappa shape index (κ3) is 3.38. The number of ether oxygens (including phenoxy) is 1. The van der Waals surface area contributed by atoms with Gasteiger partial charge in [0.25, 0.3) is 0 Å². The molecular formula is C18H31N5O. The van der Waals surface area contributed by atoms with Gasteiger partial charge in [0.2, 0.25) is 0 Å². The first-order valence-electron chi connectivity index (χ1n) is 9.39. The second-order valence-corrected chi connectivity index (χ2v) is 7.92. The minimum atomic E-state index is 0.145. The average molecular weight is 333 g/mol. The summed E-state index contributed by atoms with van der Waals surface area (Å²) in [4.78, 5) is 12.1. The van der Waals surface area contributed by atoms with Crippen LogP contribution in [0.4, 0.5) is 0 Å². The van der Waals surface area contributed by atoms with E-state index in [0.717, 1.165) is 32.1 Å². The first-order chi connectivity index (χ1) is 11.6. The van der Waals surface area contributed by atoms with E-state index in [9.17, 15) is 0 Å². The molecule has 0 bridgehead atoms. The molecule has 0 saturated carbocycles. The number of aryl methyl sites for hydroxylation is 1. The lowest BCUT2D eigenvalue weighted by Gasteiger charge is -2.39. The van der Waals surface area contributed by atoms with E-state index in [1.54, 1.807) is 0 Å². The highest BCUT2D eigenvalue weighted by Gasteiger charge is 2.44. The highest BCUT2D eigenvalue weighted by molar-refractivity contribution is 4.99. The van der Waals surface area contributed by atoms with E-state index < -0.39 is 0 Å². The summed E-state index contributed by atoms with van der Waals surface area (Å²) in [5.41, 5.74) is 0.145. The SMILES string of the molecule is CN1CCN([C@H]2COC3(CCN(Cc4nccn4C)CC3)C2)CC1. The van der Waals surface area contributed by atoms with E-state index in [-0.39, 0.29) is 5.60 Å². The lowest BCUT2D eigenvalue weighted by molar-refractivity contribution is -0.0459. The summed E-state index contributed by atoms with van der Waals surface area (Å²) < 4.78 is 8.50. The van der Waals surface area contributed by atoms with Gasteiger partial charge in [0.05, 0.1) is 18.8 Å². The standard InChI is InChI=1S/C18H31N5O/c1-20-9-11-23(12-10-20)16-13-18(24-15-16)3-6-22(7-4-18)14-17-19-5-8-21(17)2/h5,8,16H,3-4,6-7,9-15H2,1-2H3/t16-/m1/s1. The van der Waals surface area contributed by atoms with Crippen LogP contribution in [0.25, 0.3) is 0 Å². The number of piperidine rings is 1. The minimum Gasteiger partial charge on any atom is -0.373 e. The molecule has 1 spiro atoms. The summed E-state index contributed by atoms with van der Waals surface area (Å²) in [6.45, 7) is 8.94. The van der Waals surface area contributed by atoms with Gasteiger partial charge in [0, 0.05) is 64.8 Å². The van der Waals surface area contributed by atoms with Crippen molar-refractivity contribution < 1.29 is 4.74 Å². The van der Waals surface area contributed by atoms with Crippen molar-refractivity contribution in [3.63, 3.8) is 0 Å². The maximum atomic E-state index is 6.38. The Balaban J connectivity index is 1.28. The molecule has 6 heteroatoms. The second-order valence-electron chi connectivity index (χ2n) is 7.92. The van der Waals surface area contributed by atoms with Crippen LogP contribution < -0.4 is 0 Å². The van der Waals surface area contributed by atoms with Crippen LogP contribution in [0.5, 0.6) is 0 Å². The van der Waals surface area contributed by atoms with Crippen molar-refractivity contribution >= 4 is 0 Å². The highest BCUT2D eigenvalue weighted by atomic mass is 16.5. The van der Waals surface area contributed by atoms with Gasteiger partial charge in [0.1, 0.15) is 5.82 Å². The number of nitrogens with zero attached hydrogens (tertiary/aromatic N) is 5. The summed E-state index contributed by atoms with van der Waals surface area (Å²) in [5, 5.41) is 0. The van der Waals surface area contributed by atoms with Crippen LogP contribution in [0.1, 0.15) is 25.1 Å². The molecule has 3 aliphatic heterocycles. The largest absolute Gasteiger partial charge is 0.373 e. The minimum absolute atomic E-state index is 0.145. The molecule has 1 aromatic heterocycles. The van der Waals surface area contributed by atoms with Crippen LogP contribution in [0.15, 0.2) is 12.4 Å². The number of likely N-dealkylation sites (N-methyl/N-ethyl adjacent to an activating group) is 1. The van der Waals surface area contributed by atoms with Crippen LogP contribution in [-0.4, -0.2) is 88.8 Å². The fourth-order valence-corrected chi connectivity index (χ4v) is 4.46. The number of likely N-dealkylation sites (tertiary alicyclic amines) is 1. The van der Waals surface area contributed by atoms with Crippen molar-refractivity contribution in [2.45, 2.75) is 37.5 Å². The average Bonchev–Trinajstić information content (AvgIpc) is 3.18. The van der Waals surface area contributed by atoms with Gasteiger partial charge in [-0.15, -0.1) is 0 Å². The van der Waals surface area contributed by atoms with Crippen LogP contribution in [0.3, 0.4) is 0 Å². The Morgan fingerprint density at radius 2 is 1.88 bits per heavy atom. The van der Waals surface area contributed by atoms with Gasteiger partial charge in [-0.2, -0.15) is 0 Å². The number of rotatable bonds is 3. The lowest BCUT2D eigenvalue weighted by atomic mass is 9.87. The number of piperazine rings is 1. The van der Waals surface area contributed by atoms with E-state index in [2.05, 4.69) is 38.3 Å². The van der Waals surface area contributed by atoms with Crippen molar-refractivity contribution in [3.8, 4) is 0 Å². The molecule has 24 heavy (non-hydrogen) atoms.